The largest absolute Gasteiger partial charge is 0.349 e. The summed E-state index contributed by atoms with van der Waals surface area (Å²) in [4.78, 5) is 12.7. The molecule has 0 heterocycles. The van der Waals surface area contributed by atoms with Gasteiger partial charge in [-0.05, 0) is 62.9 Å². The molecule has 5 nitrogen and oxygen atoms in total. The van der Waals surface area contributed by atoms with Gasteiger partial charge in [0.05, 0.1) is 4.90 Å². The van der Waals surface area contributed by atoms with Crippen molar-refractivity contribution >= 4 is 15.9 Å². The molecule has 0 radical (unpaired) electrons. The predicted octanol–water partition coefficient (Wildman–Crippen LogP) is 2.52. The summed E-state index contributed by atoms with van der Waals surface area (Å²) in [5, 5.41) is 3.05. The molecule has 1 aromatic rings. The second-order valence-electron chi connectivity index (χ2n) is 6.57. The highest BCUT2D eigenvalue weighted by Crippen LogP contribution is 2.25. The fourth-order valence-electron chi connectivity index (χ4n) is 3.18. The maximum absolute atomic E-state index is 12.5. The zero-order chi connectivity index (χ0) is 17.2. The van der Waals surface area contributed by atoms with Crippen LogP contribution >= 0.6 is 0 Å². The highest BCUT2D eigenvalue weighted by molar-refractivity contribution is 7.89. The van der Waals surface area contributed by atoms with E-state index in [9.17, 15) is 13.2 Å². The van der Waals surface area contributed by atoms with E-state index in [1.54, 1.807) is 13.0 Å². The lowest BCUT2D eigenvalue weighted by atomic mass is 9.87. The van der Waals surface area contributed by atoms with Crippen LogP contribution in [0.15, 0.2) is 17.0 Å². The second kappa shape index (κ2) is 7.01. The molecule has 1 aliphatic rings. The minimum absolute atomic E-state index is 0.169. The molecule has 0 aliphatic heterocycles. The number of sulfonamides is 1. The monoisotopic (exact) mass is 338 g/mol. The number of aryl methyl sites for hydroxylation is 1. The molecule has 128 valence electrons. The Morgan fingerprint density at radius 1 is 1.22 bits per heavy atom. The van der Waals surface area contributed by atoms with Gasteiger partial charge in [0.15, 0.2) is 0 Å². The molecule has 6 heteroatoms. The molecule has 2 N–H and O–H groups in total. The Morgan fingerprint density at radius 3 is 2.52 bits per heavy atom. The Balaban J connectivity index is 2.27. The van der Waals surface area contributed by atoms with Crippen LogP contribution in [0.3, 0.4) is 0 Å². The number of hydrogen-bond acceptors (Lipinski definition) is 3. The van der Waals surface area contributed by atoms with E-state index in [1.807, 2.05) is 6.92 Å². The van der Waals surface area contributed by atoms with Crippen LogP contribution in [0.2, 0.25) is 0 Å². The molecule has 1 aliphatic carbocycles. The minimum atomic E-state index is -3.58. The van der Waals surface area contributed by atoms with Crippen LogP contribution in [-0.2, 0) is 10.0 Å². The molecule has 0 bridgehead atoms. The van der Waals surface area contributed by atoms with Crippen LogP contribution in [0.1, 0.15) is 54.1 Å². The molecule has 1 aromatic carbocycles. The first-order chi connectivity index (χ1) is 10.7. The van der Waals surface area contributed by atoms with Crippen LogP contribution in [0, 0.1) is 19.8 Å². The van der Waals surface area contributed by atoms with Crippen molar-refractivity contribution in [1.29, 1.82) is 0 Å². The fourth-order valence-corrected chi connectivity index (χ4v) is 4.25. The van der Waals surface area contributed by atoms with Crippen molar-refractivity contribution in [2.45, 2.75) is 57.4 Å². The van der Waals surface area contributed by atoms with Gasteiger partial charge in [-0.15, -0.1) is 0 Å². The number of nitrogens with one attached hydrogen (secondary N) is 2. The second-order valence-corrected chi connectivity index (χ2v) is 8.42. The summed E-state index contributed by atoms with van der Waals surface area (Å²) in [7, 11) is -2.20. The van der Waals surface area contributed by atoms with Crippen LogP contribution in [-0.4, -0.2) is 27.4 Å². The van der Waals surface area contributed by atoms with E-state index in [-0.39, 0.29) is 16.8 Å². The van der Waals surface area contributed by atoms with E-state index in [4.69, 9.17) is 0 Å². The van der Waals surface area contributed by atoms with E-state index in [0.29, 0.717) is 17.0 Å². The van der Waals surface area contributed by atoms with Gasteiger partial charge in [0.1, 0.15) is 0 Å². The number of benzene rings is 1. The van der Waals surface area contributed by atoms with Gasteiger partial charge < -0.3 is 5.32 Å². The number of carbonyl (C=O) groups excluding carboxylic acids is 1. The van der Waals surface area contributed by atoms with Crippen LogP contribution in [0.25, 0.3) is 0 Å². The fraction of sp³-hybridized carbons (Fsp3) is 0.588. The summed E-state index contributed by atoms with van der Waals surface area (Å²) in [6.45, 7) is 5.78. The minimum Gasteiger partial charge on any atom is -0.349 e. The van der Waals surface area contributed by atoms with E-state index < -0.39 is 10.0 Å². The zero-order valence-corrected chi connectivity index (χ0v) is 15.1. The summed E-state index contributed by atoms with van der Waals surface area (Å²) in [5.41, 5.74) is 1.87. The lowest BCUT2D eigenvalue weighted by molar-refractivity contribution is 0.0921. The summed E-state index contributed by atoms with van der Waals surface area (Å²) >= 11 is 0. The van der Waals surface area contributed by atoms with Gasteiger partial charge in [0.25, 0.3) is 5.91 Å². The van der Waals surface area contributed by atoms with E-state index >= 15 is 0 Å². The first-order valence-corrected chi connectivity index (χ1v) is 9.58. The Morgan fingerprint density at radius 2 is 1.91 bits per heavy atom. The summed E-state index contributed by atoms with van der Waals surface area (Å²) in [5.74, 6) is 0.425. The molecule has 2 unspecified atom stereocenters. The number of hydrogen-bond donors (Lipinski definition) is 2. The third kappa shape index (κ3) is 4.12. The van der Waals surface area contributed by atoms with Crippen molar-refractivity contribution in [3.63, 3.8) is 0 Å². The van der Waals surface area contributed by atoms with Crippen LogP contribution < -0.4 is 10.0 Å². The van der Waals surface area contributed by atoms with Gasteiger partial charge in [-0.3, -0.25) is 4.79 Å². The molecular formula is C17H26N2O3S. The van der Waals surface area contributed by atoms with Gasteiger partial charge in [0.2, 0.25) is 10.0 Å². The van der Waals surface area contributed by atoms with Crippen molar-refractivity contribution in [1.82, 2.24) is 10.0 Å². The van der Waals surface area contributed by atoms with Crippen molar-refractivity contribution in [3.8, 4) is 0 Å². The maximum Gasteiger partial charge on any atom is 0.251 e. The van der Waals surface area contributed by atoms with Gasteiger partial charge in [0, 0.05) is 11.6 Å². The van der Waals surface area contributed by atoms with E-state index in [0.717, 1.165) is 24.8 Å². The normalized spacial score (nSPS) is 21.9. The number of carbonyl (C=O) groups is 1. The molecule has 1 fully saturated rings. The molecule has 2 atom stereocenters. The third-order valence-electron chi connectivity index (χ3n) is 4.71. The zero-order valence-electron chi connectivity index (χ0n) is 14.3. The van der Waals surface area contributed by atoms with Crippen LogP contribution in [0.5, 0.6) is 0 Å². The summed E-state index contributed by atoms with van der Waals surface area (Å²) < 4.78 is 26.6. The summed E-state index contributed by atoms with van der Waals surface area (Å²) in [6.07, 6.45) is 4.31. The Kier molecular flexibility index (Phi) is 5.47. The van der Waals surface area contributed by atoms with Crippen molar-refractivity contribution in [3.05, 3.63) is 28.8 Å². The Hall–Kier alpha value is -1.40. The highest BCUT2D eigenvalue weighted by atomic mass is 32.2. The Bertz CT molecular complexity index is 698. The van der Waals surface area contributed by atoms with E-state index in [1.165, 1.54) is 19.5 Å². The van der Waals surface area contributed by atoms with Gasteiger partial charge in [-0.25, -0.2) is 13.1 Å². The SMILES string of the molecule is CNS(=O)(=O)c1cc(C(=O)NC2CCCC(C)C2)cc(C)c1C. The smallest absolute Gasteiger partial charge is 0.251 e. The quantitative estimate of drug-likeness (QED) is 0.886. The molecule has 0 aromatic heterocycles. The lowest BCUT2D eigenvalue weighted by Gasteiger charge is -2.27. The average Bonchev–Trinajstić information content (AvgIpc) is 2.49. The Labute approximate surface area is 138 Å². The molecule has 23 heavy (non-hydrogen) atoms. The molecule has 2 rings (SSSR count). The molecule has 1 saturated carbocycles. The molecule has 0 spiro atoms. The van der Waals surface area contributed by atoms with E-state index in [2.05, 4.69) is 17.0 Å². The molecule has 1 amide bonds. The third-order valence-corrected chi connectivity index (χ3v) is 6.25. The molecular weight excluding hydrogens is 312 g/mol. The highest BCUT2D eigenvalue weighted by Gasteiger charge is 2.23. The number of rotatable bonds is 4. The summed E-state index contributed by atoms with van der Waals surface area (Å²) in [6, 6.07) is 3.40. The topological polar surface area (TPSA) is 75.3 Å². The lowest BCUT2D eigenvalue weighted by Crippen LogP contribution is -2.38. The standard InChI is InChI=1S/C17H26N2O3S/c1-11-6-5-7-15(8-11)19-17(20)14-9-12(2)13(3)16(10-14)23(21,22)18-4/h9-11,15,18H,5-8H2,1-4H3,(H,19,20). The average molecular weight is 338 g/mol. The first-order valence-electron chi connectivity index (χ1n) is 8.10. The van der Waals surface area contributed by atoms with Gasteiger partial charge in [-0.2, -0.15) is 0 Å². The van der Waals surface area contributed by atoms with Gasteiger partial charge >= 0.3 is 0 Å². The van der Waals surface area contributed by atoms with Crippen molar-refractivity contribution in [2.75, 3.05) is 7.05 Å². The predicted molar refractivity (Wildman–Crippen MR) is 91.0 cm³/mol. The van der Waals surface area contributed by atoms with Gasteiger partial charge in [-0.1, -0.05) is 19.8 Å². The molecule has 0 saturated heterocycles. The van der Waals surface area contributed by atoms with Crippen molar-refractivity contribution in [2.24, 2.45) is 5.92 Å². The first kappa shape index (κ1) is 17.9. The maximum atomic E-state index is 12.5. The number of amides is 1. The van der Waals surface area contributed by atoms with Crippen LogP contribution in [0.4, 0.5) is 0 Å². The van der Waals surface area contributed by atoms with Crippen molar-refractivity contribution < 1.29 is 13.2 Å².